The number of nitrogens with one attached hydrogen (secondary N) is 1. The highest BCUT2D eigenvalue weighted by atomic mass is 16.3. The number of hydrogen-bond acceptors (Lipinski definition) is 2. The van der Waals surface area contributed by atoms with Gasteiger partial charge in [0, 0.05) is 5.69 Å². The van der Waals surface area contributed by atoms with Crippen LogP contribution < -0.4 is 5.32 Å². The number of allylic oxidation sites excluding steroid dienone is 2. The number of para-hydroxylation sites is 1. The van der Waals surface area contributed by atoms with Crippen LogP contribution in [0.15, 0.2) is 36.4 Å². The Bertz CT molecular complexity index is 386. The van der Waals surface area contributed by atoms with Gasteiger partial charge in [0.15, 0.2) is 0 Å². The van der Waals surface area contributed by atoms with Crippen LogP contribution in [0.1, 0.15) is 24.8 Å². The average Bonchev–Trinajstić information content (AvgIpc) is 2.39. The molecule has 2 nitrogen and oxygen atoms in total. The number of hydrogen-bond donors (Lipinski definition) is 2. The van der Waals surface area contributed by atoms with Crippen LogP contribution in [0.2, 0.25) is 0 Å². The Morgan fingerprint density at radius 2 is 2.18 bits per heavy atom. The van der Waals surface area contributed by atoms with Crippen LogP contribution in [0.4, 0.5) is 5.69 Å². The van der Waals surface area contributed by atoms with Crippen molar-refractivity contribution in [2.45, 2.75) is 32.2 Å². The zero-order chi connectivity index (χ0) is 12.1. The van der Waals surface area contributed by atoms with Gasteiger partial charge in [0.05, 0.1) is 12.6 Å². The number of anilines is 1. The van der Waals surface area contributed by atoms with E-state index in [-0.39, 0.29) is 12.6 Å². The van der Waals surface area contributed by atoms with E-state index >= 15 is 0 Å². The summed E-state index contributed by atoms with van der Waals surface area (Å²) in [7, 11) is 0. The molecule has 0 heterocycles. The fourth-order valence-electron chi connectivity index (χ4n) is 2.43. The molecule has 17 heavy (non-hydrogen) atoms. The summed E-state index contributed by atoms with van der Waals surface area (Å²) in [5.41, 5.74) is 2.37. The molecule has 0 spiro atoms. The lowest BCUT2D eigenvalue weighted by Gasteiger charge is -2.28. The number of aliphatic hydroxyl groups excluding tert-OH is 1. The first-order valence-electron chi connectivity index (χ1n) is 6.39. The maximum Gasteiger partial charge on any atom is 0.0635 e. The van der Waals surface area contributed by atoms with Crippen LogP contribution in [0.5, 0.6) is 0 Å². The molecule has 2 rings (SSSR count). The highest BCUT2D eigenvalue weighted by Crippen LogP contribution is 2.25. The summed E-state index contributed by atoms with van der Waals surface area (Å²) in [4.78, 5) is 0. The summed E-state index contributed by atoms with van der Waals surface area (Å²) < 4.78 is 0. The van der Waals surface area contributed by atoms with Crippen molar-refractivity contribution in [2.75, 3.05) is 11.9 Å². The minimum atomic E-state index is 0.168. The van der Waals surface area contributed by atoms with Gasteiger partial charge in [0.2, 0.25) is 0 Å². The van der Waals surface area contributed by atoms with Gasteiger partial charge in [0.1, 0.15) is 0 Å². The Morgan fingerprint density at radius 1 is 1.35 bits per heavy atom. The Balaban J connectivity index is 2.04. The van der Waals surface area contributed by atoms with Gasteiger partial charge >= 0.3 is 0 Å². The summed E-state index contributed by atoms with van der Waals surface area (Å²) in [6.45, 7) is 2.30. The van der Waals surface area contributed by atoms with Crippen LogP contribution in [0.3, 0.4) is 0 Å². The number of benzene rings is 1. The van der Waals surface area contributed by atoms with E-state index in [0.29, 0.717) is 5.92 Å². The summed E-state index contributed by atoms with van der Waals surface area (Å²) >= 11 is 0. The van der Waals surface area contributed by atoms with Crippen molar-refractivity contribution < 1.29 is 5.11 Å². The van der Waals surface area contributed by atoms with Crippen molar-refractivity contribution >= 4 is 5.69 Å². The first-order valence-corrected chi connectivity index (χ1v) is 6.39. The molecule has 0 bridgehead atoms. The third-order valence-electron chi connectivity index (χ3n) is 3.56. The maximum atomic E-state index is 9.54. The van der Waals surface area contributed by atoms with E-state index in [2.05, 4.69) is 36.5 Å². The van der Waals surface area contributed by atoms with Crippen LogP contribution in [0.25, 0.3) is 0 Å². The Labute approximate surface area is 103 Å². The Kier molecular flexibility index (Phi) is 4.21. The molecule has 0 amide bonds. The maximum absolute atomic E-state index is 9.54. The summed E-state index contributed by atoms with van der Waals surface area (Å²) in [5, 5.41) is 13.0. The molecule has 92 valence electrons. The predicted molar refractivity (Wildman–Crippen MR) is 72.2 cm³/mol. The number of rotatable bonds is 4. The van der Waals surface area contributed by atoms with E-state index in [4.69, 9.17) is 0 Å². The molecule has 0 aromatic heterocycles. The topological polar surface area (TPSA) is 32.3 Å². The Morgan fingerprint density at radius 3 is 2.82 bits per heavy atom. The normalized spacial score (nSPS) is 21.2. The smallest absolute Gasteiger partial charge is 0.0635 e. The van der Waals surface area contributed by atoms with Gasteiger partial charge in [-0.3, -0.25) is 0 Å². The van der Waals surface area contributed by atoms with Crippen LogP contribution in [-0.4, -0.2) is 17.8 Å². The minimum absolute atomic E-state index is 0.168. The first-order chi connectivity index (χ1) is 8.31. The average molecular weight is 231 g/mol. The fraction of sp³-hybridized carbons (Fsp3) is 0.467. The zero-order valence-electron chi connectivity index (χ0n) is 10.4. The van der Waals surface area contributed by atoms with Crippen molar-refractivity contribution in [3.8, 4) is 0 Å². The van der Waals surface area contributed by atoms with Gasteiger partial charge in [-0.15, -0.1) is 0 Å². The molecule has 1 aromatic rings. The molecule has 0 saturated heterocycles. The number of aryl methyl sites for hydroxylation is 1. The van der Waals surface area contributed by atoms with Gasteiger partial charge in [-0.2, -0.15) is 0 Å². The van der Waals surface area contributed by atoms with Crippen molar-refractivity contribution in [1.82, 2.24) is 0 Å². The highest BCUT2D eigenvalue weighted by molar-refractivity contribution is 5.51. The highest BCUT2D eigenvalue weighted by Gasteiger charge is 2.21. The molecule has 2 atom stereocenters. The molecule has 0 aliphatic heterocycles. The molecule has 0 saturated carbocycles. The van der Waals surface area contributed by atoms with Crippen LogP contribution in [0, 0.1) is 12.8 Å². The van der Waals surface area contributed by atoms with Crippen molar-refractivity contribution in [3.05, 3.63) is 42.0 Å². The van der Waals surface area contributed by atoms with Gasteiger partial charge in [0.25, 0.3) is 0 Å². The van der Waals surface area contributed by atoms with Crippen LogP contribution >= 0.6 is 0 Å². The van der Waals surface area contributed by atoms with E-state index in [1.54, 1.807) is 0 Å². The minimum Gasteiger partial charge on any atom is -0.394 e. The molecule has 2 N–H and O–H groups in total. The molecule has 0 fully saturated rings. The second-order valence-electron chi connectivity index (χ2n) is 4.79. The lowest BCUT2D eigenvalue weighted by molar-refractivity contribution is 0.230. The second kappa shape index (κ2) is 5.87. The third-order valence-corrected chi connectivity index (χ3v) is 3.56. The zero-order valence-corrected chi connectivity index (χ0v) is 10.4. The molecule has 2 heteroatoms. The lowest BCUT2D eigenvalue weighted by atomic mass is 9.88. The molecule has 1 aliphatic rings. The molecule has 1 aliphatic carbocycles. The lowest BCUT2D eigenvalue weighted by Crippen LogP contribution is -2.33. The summed E-state index contributed by atoms with van der Waals surface area (Å²) in [6, 6.07) is 8.41. The van der Waals surface area contributed by atoms with Gasteiger partial charge < -0.3 is 10.4 Å². The van der Waals surface area contributed by atoms with E-state index < -0.39 is 0 Å². The molecule has 1 aromatic carbocycles. The van der Waals surface area contributed by atoms with Gasteiger partial charge in [-0.05, 0) is 43.7 Å². The second-order valence-corrected chi connectivity index (χ2v) is 4.79. The largest absolute Gasteiger partial charge is 0.394 e. The van der Waals surface area contributed by atoms with Gasteiger partial charge in [-0.1, -0.05) is 30.4 Å². The van der Waals surface area contributed by atoms with E-state index in [1.807, 2.05) is 12.1 Å². The SMILES string of the molecule is Cc1ccccc1NC(CO)C1CC=CCC1. The van der Waals surface area contributed by atoms with E-state index in [1.165, 1.54) is 12.0 Å². The first kappa shape index (κ1) is 12.2. The molecular formula is C15H21NO. The standard InChI is InChI=1S/C15H21NO/c1-12-7-5-6-10-14(12)16-15(11-17)13-8-3-2-4-9-13/h2-3,5-7,10,13,15-17H,4,8-9,11H2,1H3. The molecule has 0 radical (unpaired) electrons. The predicted octanol–water partition coefficient (Wildman–Crippen LogP) is 3.12. The van der Waals surface area contributed by atoms with Crippen molar-refractivity contribution in [3.63, 3.8) is 0 Å². The Hall–Kier alpha value is -1.28. The fourth-order valence-corrected chi connectivity index (χ4v) is 2.43. The third kappa shape index (κ3) is 3.10. The van der Waals surface area contributed by atoms with Crippen molar-refractivity contribution in [1.29, 1.82) is 0 Å². The summed E-state index contributed by atoms with van der Waals surface area (Å²) in [6.07, 6.45) is 7.84. The van der Waals surface area contributed by atoms with Gasteiger partial charge in [-0.25, -0.2) is 0 Å². The molecular weight excluding hydrogens is 210 g/mol. The van der Waals surface area contributed by atoms with Crippen LogP contribution in [-0.2, 0) is 0 Å². The van der Waals surface area contributed by atoms with E-state index in [0.717, 1.165) is 18.5 Å². The number of aliphatic hydroxyl groups is 1. The molecule has 2 unspecified atom stereocenters. The summed E-state index contributed by atoms with van der Waals surface area (Å²) in [5.74, 6) is 0.546. The quantitative estimate of drug-likeness (QED) is 0.780. The van der Waals surface area contributed by atoms with Crippen molar-refractivity contribution in [2.24, 2.45) is 5.92 Å². The monoisotopic (exact) mass is 231 g/mol. The van der Waals surface area contributed by atoms with E-state index in [9.17, 15) is 5.11 Å².